The second kappa shape index (κ2) is 6.72. The molecular weight excluding hydrogens is 212 g/mol. The molecule has 0 heterocycles. The zero-order valence-corrected chi connectivity index (χ0v) is 12.0. The van der Waals surface area contributed by atoms with E-state index in [1.54, 1.807) is 7.11 Å². The minimum absolute atomic E-state index is 0.0320. The summed E-state index contributed by atoms with van der Waals surface area (Å²) in [5.41, 5.74) is 5.99. The molecule has 0 saturated heterocycles. The van der Waals surface area contributed by atoms with Crippen LogP contribution in [0.1, 0.15) is 46.5 Å². The van der Waals surface area contributed by atoms with Crippen molar-refractivity contribution in [3.63, 3.8) is 0 Å². The van der Waals surface area contributed by atoms with Crippen LogP contribution < -0.4 is 5.73 Å². The molecule has 1 rings (SSSR count). The van der Waals surface area contributed by atoms with Crippen molar-refractivity contribution in [1.29, 1.82) is 0 Å². The van der Waals surface area contributed by atoms with Gasteiger partial charge >= 0.3 is 0 Å². The predicted molar refractivity (Wildman–Crippen MR) is 73.1 cm³/mol. The predicted octanol–water partition coefficient (Wildman–Crippen LogP) is 2.25. The lowest BCUT2D eigenvalue weighted by atomic mass is 9.99. The van der Waals surface area contributed by atoms with Crippen molar-refractivity contribution in [3.05, 3.63) is 0 Å². The molecule has 0 aromatic heterocycles. The molecule has 2 N–H and O–H groups in total. The Balaban J connectivity index is 2.29. The fraction of sp³-hybridized carbons (Fsp3) is 1.00. The van der Waals surface area contributed by atoms with Gasteiger partial charge in [-0.1, -0.05) is 0 Å². The molecule has 17 heavy (non-hydrogen) atoms. The maximum Gasteiger partial charge on any atom is 0.0589 e. The Kier molecular flexibility index (Phi) is 5.90. The summed E-state index contributed by atoms with van der Waals surface area (Å²) in [5.74, 6) is 0.928. The highest BCUT2D eigenvalue weighted by atomic mass is 16.5. The van der Waals surface area contributed by atoms with E-state index >= 15 is 0 Å². The van der Waals surface area contributed by atoms with E-state index in [-0.39, 0.29) is 5.54 Å². The van der Waals surface area contributed by atoms with Gasteiger partial charge in [-0.3, -0.25) is 4.90 Å². The Morgan fingerprint density at radius 3 is 2.47 bits per heavy atom. The summed E-state index contributed by atoms with van der Waals surface area (Å²) < 4.78 is 5.20. The fourth-order valence-electron chi connectivity index (χ4n) is 2.34. The first-order chi connectivity index (χ1) is 7.94. The lowest BCUT2D eigenvalue weighted by Gasteiger charge is -2.30. The summed E-state index contributed by atoms with van der Waals surface area (Å²) in [6.07, 6.45) is 5.10. The molecule has 1 atom stereocenters. The van der Waals surface area contributed by atoms with Crippen molar-refractivity contribution < 1.29 is 4.74 Å². The molecule has 0 radical (unpaired) electrons. The highest BCUT2D eigenvalue weighted by molar-refractivity contribution is 4.85. The van der Waals surface area contributed by atoms with Crippen LogP contribution in [-0.2, 0) is 4.74 Å². The third-order valence-corrected chi connectivity index (χ3v) is 3.73. The van der Waals surface area contributed by atoms with E-state index < -0.39 is 0 Å². The van der Waals surface area contributed by atoms with Gasteiger partial charge in [-0.15, -0.1) is 0 Å². The standard InChI is InChI=1S/C14H30N2O/c1-12(13-6-7-13)16(10-11-17-4)9-5-8-14(2,3)15/h12-13H,5-11,15H2,1-4H3. The summed E-state index contributed by atoms with van der Waals surface area (Å²) in [4.78, 5) is 2.58. The Morgan fingerprint density at radius 2 is 2.00 bits per heavy atom. The van der Waals surface area contributed by atoms with E-state index in [0.717, 1.165) is 32.0 Å². The molecule has 0 aromatic rings. The summed E-state index contributed by atoms with van der Waals surface area (Å²) in [5, 5.41) is 0. The molecule has 3 heteroatoms. The normalized spacial score (nSPS) is 18.7. The van der Waals surface area contributed by atoms with Gasteiger partial charge < -0.3 is 10.5 Å². The van der Waals surface area contributed by atoms with Crippen molar-refractivity contribution in [2.75, 3.05) is 26.8 Å². The lowest BCUT2D eigenvalue weighted by Crippen LogP contribution is -2.39. The number of hydrogen-bond donors (Lipinski definition) is 1. The van der Waals surface area contributed by atoms with Crippen LogP contribution in [-0.4, -0.2) is 43.3 Å². The molecule has 0 aliphatic heterocycles. The van der Waals surface area contributed by atoms with Crippen molar-refractivity contribution in [3.8, 4) is 0 Å². The Morgan fingerprint density at radius 1 is 1.35 bits per heavy atom. The quantitative estimate of drug-likeness (QED) is 0.674. The van der Waals surface area contributed by atoms with Gasteiger partial charge in [0.2, 0.25) is 0 Å². The van der Waals surface area contributed by atoms with E-state index in [2.05, 4.69) is 25.7 Å². The van der Waals surface area contributed by atoms with Crippen LogP contribution in [0.5, 0.6) is 0 Å². The second-order valence-electron chi connectivity index (χ2n) is 6.20. The van der Waals surface area contributed by atoms with Crippen LogP contribution in [0.4, 0.5) is 0 Å². The Hall–Kier alpha value is -0.120. The summed E-state index contributed by atoms with van der Waals surface area (Å²) >= 11 is 0. The van der Waals surface area contributed by atoms with Gasteiger partial charge in [0.1, 0.15) is 0 Å². The van der Waals surface area contributed by atoms with E-state index in [1.165, 1.54) is 19.3 Å². The molecule has 0 bridgehead atoms. The monoisotopic (exact) mass is 242 g/mol. The van der Waals surface area contributed by atoms with Crippen LogP contribution >= 0.6 is 0 Å². The van der Waals surface area contributed by atoms with Gasteiger partial charge in [0.25, 0.3) is 0 Å². The largest absolute Gasteiger partial charge is 0.383 e. The SMILES string of the molecule is COCCN(CCCC(C)(C)N)C(C)C1CC1. The molecule has 0 amide bonds. The van der Waals surface area contributed by atoms with Crippen LogP contribution in [0.15, 0.2) is 0 Å². The highest BCUT2D eigenvalue weighted by Gasteiger charge is 2.31. The van der Waals surface area contributed by atoms with Gasteiger partial charge in [-0.25, -0.2) is 0 Å². The zero-order valence-electron chi connectivity index (χ0n) is 12.0. The Bertz CT molecular complexity index is 209. The number of hydrogen-bond acceptors (Lipinski definition) is 3. The van der Waals surface area contributed by atoms with Gasteiger partial charge in [-0.2, -0.15) is 0 Å². The molecule has 0 aromatic carbocycles. The average molecular weight is 242 g/mol. The summed E-state index contributed by atoms with van der Waals surface area (Å²) in [6.45, 7) is 9.62. The van der Waals surface area contributed by atoms with Crippen molar-refractivity contribution in [2.24, 2.45) is 11.7 Å². The van der Waals surface area contributed by atoms with Crippen molar-refractivity contribution in [1.82, 2.24) is 4.90 Å². The molecule has 1 saturated carbocycles. The number of nitrogens with zero attached hydrogens (tertiary/aromatic N) is 1. The average Bonchev–Trinajstić information content (AvgIpc) is 3.04. The smallest absolute Gasteiger partial charge is 0.0589 e. The van der Waals surface area contributed by atoms with Crippen LogP contribution in [0.3, 0.4) is 0 Å². The minimum atomic E-state index is -0.0320. The fourth-order valence-corrected chi connectivity index (χ4v) is 2.34. The molecule has 102 valence electrons. The minimum Gasteiger partial charge on any atom is -0.383 e. The maximum atomic E-state index is 6.03. The topological polar surface area (TPSA) is 38.5 Å². The van der Waals surface area contributed by atoms with Gasteiger partial charge in [0.05, 0.1) is 6.61 Å². The summed E-state index contributed by atoms with van der Waals surface area (Å²) in [6, 6.07) is 0.714. The molecule has 0 spiro atoms. The van der Waals surface area contributed by atoms with E-state index in [4.69, 9.17) is 10.5 Å². The summed E-state index contributed by atoms with van der Waals surface area (Å²) in [7, 11) is 1.78. The molecule has 1 aliphatic rings. The third-order valence-electron chi connectivity index (χ3n) is 3.73. The number of ether oxygens (including phenoxy) is 1. The highest BCUT2D eigenvalue weighted by Crippen LogP contribution is 2.35. The first-order valence-corrected chi connectivity index (χ1v) is 6.96. The first kappa shape index (κ1) is 14.9. The zero-order chi connectivity index (χ0) is 12.9. The number of methoxy groups -OCH3 is 1. The van der Waals surface area contributed by atoms with Gasteiger partial charge in [0, 0.05) is 25.2 Å². The van der Waals surface area contributed by atoms with Crippen molar-refractivity contribution in [2.45, 2.75) is 58.0 Å². The number of rotatable bonds is 9. The van der Waals surface area contributed by atoms with Crippen LogP contribution in [0.2, 0.25) is 0 Å². The van der Waals surface area contributed by atoms with Crippen LogP contribution in [0.25, 0.3) is 0 Å². The molecule has 3 nitrogen and oxygen atoms in total. The first-order valence-electron chi connectivity index (χ1n) is 6.96. The van der Waals surface area contributed by atoms with E-state index in [9.17, 15) is 0 Å². The van der Waals surface area contributed by atoms with Gasteiger partial charge in [0.15, 0.2) is 0 Å². The van der Waals surface area contributed by atoms with Gasteiger partial charge in [-0.05, 0) is 58.9 Å². The van der Waals surface area contributed by atoms with Crippen molar-refractivity contribution >= 4 is 0 Å². The van der Waals surface area contributed by atoms with E-state index in [1.807, 2.05) is 0 Å². The molecule has 1 aliphatic carbocycles. The molecule has 1 unspecified atom stereocenters. The second-order valence-corrected chi connectivity index (χ2v) is 6.20. The molecular formula is C14H30N2O. The number of nitrogens with two attached hydrogens (primary N) is 1. The van der Waals surface area contributed by atoms with E-state index in [0.29, 0.717) is 6.04 Å². The maximum absolute atomic E-state index is 6.03. The third kappa shape index (κ3) is 6.39. The Labute approximate surface area is 107 Å². The van der Waals surface area contributed by atoms with Crippen LogP contribution in [0, 0.1) is 5.92 Å². The molecule has 1 fully saturated rings. The lowest BCUT2D eigenvalue weighted by molar-refractivity contribution is 0.114.